The Labute approximate surface area is 96.8 Å². The van der Waals surface area contributed by atoms with Gasteiger partial charge in [-0.3, -0.25) is 0 Å². The number of para-hydroxylation sites is 1. The molecular weight excluding hydrogens is 202 g/mol. The summed E-state index contributed by atoms with van der Waals surface area (Å²) in [6.07, 6.45) is 1.23. The molecule has 0 saturated carbocycles. The standard InChI is InChI=1S/C13H19NO2/c1-15-13-5-3-2-4-12(13)10-16-9-11-6-7-14-8-11/h2-5,11,14H,6-10H2,1H3. The molecule has 0 aromatic heterocycles. The van der Waals surface area contributed by atoms with E-state index in [0.717, 1.165) is 31.0 Å². The van der Waals surface area contributed by atoms with Crippen LogP contribution in [0.1, 0.15) is 12.0 Å². The van der Waals surface area contributed by atoms with Gasteiger partial charge in [0.05, 0.1) is 20.3 Å². The Hall–Kier alpha value is -1.06. The van der Waals surface area contributed by atoms with E-state index in [1.54, 1.807) is 7.11 Å². The molecule has 1 N–H and O–H groups in total. The summed E-state index contributed by atoms with van der Waals surface area (Å²) in [7, 11) is 1.69. The van der Waals surface area contributed by atoms with Gasteiger partial charge in [-0.2, -0.15) is 0 Å². The first kappa shape index (κ1) is 11.4. The predicted molar refractivity (Wildman–Crippen MR) is 63.6 cm³/mol. The molecule has 16 heavy (non-hydrogen) atoms. The number of ether oxygens (including phenoxy) is 2. The summed E-state index contributed by atoms with van der Waals surface area (Å²) in [6.45, 7) is 3.69. The van der Waals surface area contributed by atoms with Gasteiger partial charge in [-0.15, -0.1) is 0 Å². The van der Waals surface area contributed by atoms with E-state index in [2.05, 4.69) is 5.32 Å². The fourth-order valence-corrected chi connectivity index (χ4v) is 2.01. The highest BCUT2D eigenvalue weighted by molar-refractivity contribution is 5.32. The minimum Gasteiger partial charge on any atom is -0.496 e. The molecule has 0 spiro atoms. The van der Waals surface area contributed by atoms with Crippen LogP contribution in [0.5, 0.6) is 5.75 Å². The molecule has 1 heterocycles. The molecule has 1 fully saturated rings. The second-order valence-electron chi connectivity index (χ2n) is 4.19. The van der Waals surface area contributed by atoms with Crippen LogP contribution in [0.15, 0.2) is 24.3 Å². The molecule has 1 aliphatic rings. The molecule has 2 rings (SSSR count). The first-order chi connectivity index (χ1) is 7.90. The summed E-state index contributed by atoms with van der Waals surface area (Å²) in [4.78, 5) is 0. The van der Waals surface area contributed by atoms with Gasteiger partial charge in [0.1, 0.15) is 5.75 Å². The monoisotopic (exact) mass is 221 g/mol. The van der Waals surface area contributed by atoms with Crippen LogP contribution in [-0.4, -0.2) is 26.8 Å². The third kappa shape index (κ3) is 2.97. The third-order valence-electron chi connectivity index (χ3n) is 2.97. The third-order valence-corrected chi connectivity index (χ3v) is 2.97. The zero-order chi connectivity index (χ0) is 11.2. The van der Waals surface area contributed by atoms with E-state index < -0.39 is 0 Å². The number of rotatable bonds is 5. The molecule has 1 saturated heterocycles. The van der Waals surface area contributed by atoms with E-state index in [4.69, 9.17) is 9.47 Å². The molecule has 0 amide bonds. The van der Waals surface area contributed by atoms with Gasteiger partial charge in [0.15, 0.2) is 0 Å². The highest BCUT2D eigenvalue weighted by atomic mass is 16.5. The van der Waals surface area contributed by atoms with E-state index >= 15 is 0 Å². The number of hydrogen-bond acceptors (Lipinski definition) is 3. The molecule has 1 aromatic carbocycles. The minimum atomic E-state index is 0.639. The topological polar surface area (TPSA) is 30.5 Å². The average Bonchev–Trinajstić information content (AvgIpc) is 2.83. The number of methoxy groups -OCH3 is 1. The Balaban J connectivity index is 1.79. The van der Waals surface area contributed by atoms with Crippen LogP contribution >= 0.6 is 0 Å². The van der Waals surface area contributed by atoms with Crippen LogP contribution in [0.25, 0.3) is 0 Å². The summed E-state index contributed by atoms with van der Waals surface area (Å²) in [6, 6.07) is 8.00. The highest BCUT2D eigenvalue weighted by Crippen LogP contribution is 2.18. The van der Waals surface area contributed by atoms with Gasteiger partial charge in [0.2, 0.25) is 0 Å². The van der Waals surface area contributed by atoms with Gasteiger partial charge in [0.25, 0.3) is 0 Å². The molecule has 0 bridgehead atoms. The van der Waals surface area contributed by atoms with Crippen LogP contribution in [0, 0.1) is 5.92 Å². The molecule has 1 unspecified atom stereocenters. The van der Waals surface area contributed by atoms with Crippen molar-refractivity contribution in [3.8, 4) is 5.75 Å². The zero-order valence-electron chi connectivity index (χ0n) is 9.74. The quantitative estimate of drug-likeness (QED) is 0.822. The van der Waals surface area contributed by atoms with E-state index in [1.807, 2.05) is 24.3 Å². The van der Waals surface area contributed by atoms with Gasteiger partial charge >= 0.3 is 0 Å². The van der Waals surface area contributed by atoms with Crippen molar-refractivity contribution in [1.82, 2.24) is 5.32 Å². The van der Waals surface area contributed by atoms with Crippen LogP contribution in [-0.2, 0) is 11.3 Å². The smallest absolute Gasteiger partial charge is 0.124 e. The molecule has 0 radical (unpaired) electrons. The Bertz CT molecular complexity index is 321. The summed E-state index contributed by atoms with van der Waals surface area (Å²) < 4.78 is 11.0. The van der Waals surface area contributed by atoms with E-state index in [1.165, 1.54) is 6.42 Å². The fraction of sp³-hybridized carbons (Fsp3) is 0.538. The summed E-state index contributed by atoms with van der Waals surface area (Å²) in [5.41, 5.74) is 1.12. The lowest BCUT2D eigenvalue weighted by molar-refractivity contribution is 0.0910. The molecular formula is C13H19NO2. The second kappa shape index (κ2) is 5.87. The van der Waals surface area contributed by atoms with Crippen molar-refractivity contribution in [3.63, 3.8) is 0 Å². The van der Waals surface area contributed by atoms with Crippen LogP contribution in [0.2, 0.25) is 0 Å². The van der Waals surface area contributed by atoms with Crippen molar-refractivity contribution in [2.75, 3.05) is 26.8 Å². The van der Waals surface area contributed by atoms with Gasteiger partial charge in [-0.1, -0.05) is 18.2 Å². The Kier molecular flexibility index (Phi) is 4.19. The van der Waals surface area contributed by atoms with Crippen LogP contribution in [0.4, 0.5) is 0 Å². The molecule has 0 aliphatic carbocycles. The lowest BCUT2D eigenvalue weighted by atomic mass is 10.1. The van der Waals surface area contributed by atoms with E-state index in [-0.39, 0.29) is 0 Å². The Morgan fingerprint density at radius 3 is 3.00 bits per heavy atom. The van der Waals surface area contributed by atoms with Crippen molar-refractivity contribution in [2.24, 2.45) is 5.92 Å². The molecule has 3 nitrogen and oxygen atoms in total. The Morgan fingerprint density at radius 2 is 2.25 bits per heavy atom. The predicted octanol–water partition coefficient (Wildman–Crippen LogP) is 1.82. The number of nitrogens with one attached hydrogen (secondary N) is 1. The molecule has 88 valence electrons. The van der Waals surface area contributed by atoms with Gasteiger partial charge in [0, 0.05) is 12.1 Å². The first-order valence-electron chi connectivity index (χ1n) is 5.80. The largest absolute Gasteiger partial charge is 0.496 e. The van der Waals surface area contributed by atoms with Gasteiger partial charge in [-0.05, 0) is 24.9 Å². The Morgan fingerprint density at radius 1 is 1.38 bits per heavy atom. The van der Waals surface area contributed by atoms with E-state index in [0.29, 0.717) is 12.5 Å². The van der Waals surface area contributed by atoms with Gasteiger partial charge in [-0.25, -0.2) is 0 Å². The molecule has 1 aromatic rings. The van der Waals surface area contributed by atoms with Crippen molar-refractivity contribution in [3.05, 3.63) is 29.8 Å². The summed E-state index contributed by atoms with van der Waals surface area (Å²) in [5.74, 6) is 1.58. The maximum absolute atomic E-state index is 5.73. The average molecular weight is 221 g/mol. The number of hydrogen-bond donors (Lipinski definition) is 1. The molecule has 3 heteroatoms. The lowest BCUT2D eigenvalue weighted by Gasteiger charge is -2.11. The molecule has 1 atom stereocenters. The minimum absolute atomic E-state index is 0.639. The molecule has 1 aliphatic heterocycles. The summed E-state index contributed by atoms with van der Waals surface area (Å²) in [5, 5.41) is 3.34. The van der Waals surface area contributed by atoms with Crippen molar-refractivity contribution >= 4 is 0 Å². The van der Waals surface area contributed by atoms with Gasteiger partial charge < -0.3 is 14.8 Å². The van der Waals surface area contributed by atoms with Crippen LogP contribution in [0.3, 0.4) is 0 Å². The maximum Gasteiger partial charge on any atom is 0.124 e. The summed E-state index contributed by atoms with van der Waals surface area (Å²) >= 11 is 0. The fourth-order valence-electron chi connectivity index (χ4n) is 2.01. The van der Waals surface area contributed by atoms with Crippen LogP contribution < -0.4 is 10.1 Å². The number of benzene rings is 1. The van der Waals surface area contributed by atoms with Crippen molar-refractivity contribution in [2.45, 2.75) is 13.0 Å². The lowest BCUT2D eigenvalue weighted by Crippen LogP contribution is -2.13. The second-order valence-corrected chi connectivity index (χ2v) is 4.19. The first-order valence-corrected chi connectivity index (χ1v) is 5.80. The maximum atomic E-state index is 5.73. The van der Waals surface area contributed by atoms with Crippen molar-refractivity contribution < 1.29 is 9.47 Å². The zero-order valence-corrected chi connectivity index (χ0v) is 9.74. The van der Waals surface area contributed by atoms with Crippen molar-refractivity contribution in [1.29, 1.82) is 0 Å². The normalized spacial score (nSPS) is 19.9. The highest BCUT2D eigenvalue weighted by Gasteiger charge is 2.14. The SMILES string of the molecule is COc1ccccc1COCC1CCNC1. The van der Waals surface area contributed by atoms with E-state index in [9.17, 15) is 0 Å².